The number of rotatable bonds is 7. The first-order valence-corrected chi connectivity index (χ1v) is 8.85. The van der Waals surface area contributed by atoms with E-state index in [1.54, 1.807) is 4.90 Å². The molecule has 2 atom stereocenters. The summed E-state index contributed by atoms with van der Waals surface area (Å²) in [5, 5.41) is 0. The Hall–Kier alpha value is -0.660. The minimum Gasteiger partial charge on any atom is -0.381 e. The van der Waals surface area contributed by atoms with Gasteiger partial charge in [-0.3, -0.25) is 4.79 Å². The van der Waals surface area contributed by atoms with Crippen molar-refractivity contribution in [1.82, 2.24) is 9.62 Å². The maximum absolute atomic E-state index is 12.1. The molecule has 0 radical (unpaired) electrons. The number of ether oxygens (including phenoxy) is 1. The number of amides is 1. The zero-order valence-electron chi connectivity index (χ0n) is 12.6. The number of sulfonamides is 1. The normalized spacial score (nSPS) is 23.9. The van der Waals surface area contributed by atoms with E-state index in [1.807, 2.05) is 13.8 Å². The summed E-state index contributed by atoms with van der Waals surface area (Å²) in [4.78, 5) is 13.9. The van der Waals surface area contributed by atoms with E-state index in [0.29, 0.717) is 19.1 Å². The Morgan fingerprint density at radius 1 is 1.35 bits per heavy atom. The Kier molecular flexibility index (Phi) is 6.91. The van der Waals surface area contributed by atoms with Crippen LogP contribution in [0.15, 0.2) is 0 Å². The lowest BCUT2D eigenvalue weighted by atomic mass is 9.95. The molecular weight excluding hydrogens is 280 g/mol. The van der Waals surface area contributed by atoms with Crippen molar-refractivity contribution < 1.29 is 17.9 Å². The van der Waals surface area contributed by atoms with Gasteiger partial charge >= 0.3 is 0 Å². The van der Waals surface area contributed by atoms with E-state index in [0.717, 1.165) is 12.8 Å². The van der Waals surface area contributed by atoms with Crippen LogP contribution < -0.4 is 4.72 Å². The predicted octanol–water partition coefficient (Wildman–Crippen LogP) is 0.589. The Balaban J connectivity index is 2.41. The molecule has 0 aromatic heterocycles. The monoisotopic (exact) mass is 306 g/mol. The number of nitrogens with one attached hydrogen (secondary N) is 1. The molecule has 1 amide bonds. The Bertz CT molecular complexity index is 411. The number of nitrogens with zero attached hydrogens (tertiary/aromatic N) is 1. The summed E-state index contributed by atoms with van der Waals surface area (Å²) in [6.07, 6.45) is 2.09. The number of likely N-dealkylation sites (tertiary alicyclic amines) is 1. The molecule has 1 saturated heterocycles. The van der Waals surface area contributed by atoms with Gasteiger partial charge in [0.2, 0.25) is 15.9 Å². The Morgan fingerprint density at radius 3 is 2.70 bits per heavy atom. The van der Waals surface area contributed by atoms with E-state index in [9.17, 15) is 13.2 Å². The van der Waals surface area contributed by atoms with Crippen LogP contribution in [0.3, 0.4) is 0 Å². The Labute approximate surface area is 121 Å². The van der Waals surface area contributed by atoms with Crippen molar-refractivity contribution in [3.63, 3.8) is 0 Å². The maximum atomic E-state index is 12.1. The highest BCUT2D eigenvalue weighted by Crippen LogP contribution is 2.21. The summed E-state index contributed by atoms with van der Waals surface area (Å²) in [6.45, 7) is 7.11. The molecule has 6 nitrogen and oxygen atoms in total. The largest absolute Gasteiger partial charge is 0.381 e. The van der Waals surface area contributed by atoms with Gasteiger partial charge in [-0.2, -0.15) is 0 Å². The summed E-state index contributed by atoms with van der Waals surface area (Å²) in [7, 11) is -3.44. The second kappa shape index (κ2) is 7.95. The molecule has 1 rings (SSSR count). The van der Waals surface area contributed by atoms with Gasteiger partial charge in [-0.05, 0) is 32.6 Å². The fraction of sp³-hybridized carbons (Fsp3) is 0.923. The van der Waals surface area contributed by atoms with Crippen LogP contribution in [0.2, 0.25) is 0 Å². The van der Waals surface area contributed by atoms with Crippen LogP contribution >= 0.6 is 0 Å². The van der Waals surface area contributed by atoms with E-state index in [4.69, 9.17) is 4.74 Å². The fourth-order valence-electron chi connectivity index (χ4n) is 2.29. The molecule has 0 spiro atoms. The zero-order valence-corrected chi connectivity index (χ0v) is 13.4. The van der Waals surface area contributed by atoms with E-state index in [-0.39, 0.29) is 30.9 Å². The van der Waals surface area contributed by atoms with Gasteiger partial charge in [0.25, 0.3) is 0 Å². The second-order valence-corrected chi connectivity index (χ2v) is 7.34. The van der Waals surface area contributed by atoms with Crippen molar-refractivity contribution in [3.05, 3.63) is 0 Å². The van der Waals surface area contributed by atoms with E-state index in [2.05, 4.69) is 11.6 Å². The molecule has 1 aliphatic heterocycles. The van der Waals surface area contributed by atoms with Crippen LogP contribution in [0.25, 0.3) is 0 Å². The third-order valence-corrected chi connectivity index (χ3v) is 4.87. The number of hydrogen-bond donors (Lipinski definition) is 1. The molecule has 20 heavy (non-hydrogen) atoms. The third-order valence-electron chi connectivity index (χ3n) is 3.58. The standard InChI is InChI=1S/C13H26N2O4S/c1-4-19-7-8-20(17,18)14-9-13(16)15-10-11(2)5-6-12(15)3/h11-12,14H,4-10H2,1-3H3/t11-,12-/m0/s1. The van der Waals surface area contributed by atoms with Crippen LogP contribution in [0.1, 0.15) is 33.6 Å². The average Bonchev–Trinajstić information content (AvgIpc) is 2.39. The van der Waals surface area contributed by atoms with Crippen LogP contribution in [0.4, 0.5) is 0 Å². The predicted molar refractivity (Wildman–Crippen MR) is 77.9 cm³/mol. The van der Waals surface area contributed by atoms with E-state index < -0.39 is 10.0 Å². The van der Waals surface area contributed by atoms with Crippen LogP contribution in [-0.2, 0) is 19.6 Å². The average molecular weight is 306 g/mol. The van der Waals surface area contributed by atoms with Crippen molar-refractivity contribution >= 4 is 15.9 Å². The van der Waals surface area contributed by atoms with Crippen molar-refractivity contribution in [2.45, 2.75) is 39.7 Å². The van der Waals surface area contributed by atoms with Gasteiger partial charge in [0.1, 0.15) is 0 Å². The summed E-state index contributed by atoms with van der Waals surface area (Å²) >= 11 is 0. The molecule has 1 heterocycles. The first kappa shape index (κ1) is 17.4. The molecule has 0 aromatic rings. The second-order valence-electron chi connectivity index (χ2n) is 5.41. The van der Waals surface area contributed by atoms with Gasteiger partial charge in [-0.15, -0.1) is 0 Å². The molecule has 0 bridgehead atoms. The molecule has 118 valence electrons. The smallest absolute Gasteiger partial charge is 0.237 e. The van der Waals surface area contributed by atoms with Crippen molar-refractivity contribution in [1.29, 1.82) is 0 Å². The van der Waals surface area contributed by atoms with Crippen molar-refractivity contribution in [3.8, 4) is 0 Å². The molecular formula is C13H26N2O4S. The lowest BCUT2D eigenvalue weighted by molar-refractivity contribution is -0.134. The first-order chi connectivity index (χ1) is 9.35. The number of carbonyl (C=O) groups is 1. The molecule has 0 saturated carbocycles. The van der Waals surface area contributed by atoms with Gasteiger partial charge in [0.15, 0.2) is 0 Å². The maximum Gasteiger partial charge on any atom is 0.237 e. The van der Waals surface area contributed by atoms with Gasteiger partial charge in [0, 0.05) is 19.2 Å². The lowest BCUT2D eigenvalue weighted by Gasteiger charge is -2.36. The molecule has 0 unspecified atom stereocenters. The molecule has 7 heteroatoms. The van der Waals surface area contributed by atoms with Crippen LogP contribution in [0, 0.1) is 5.92 Å². The summed E-state index contributed by atoms with van der Waals surface area (Å²) in [6, 6.07) is 0.187. The first-order valence-electron chi connectivity index (χ1n) is 7.20. The summed E-state index contributed by atoms with van der Waals surface area (Å²) < 4.78 is 30.7. The molecule has 1 fully saturated rings. The number of hydrogen-bond acceptors (Lipinski definition) is 4. The topological polar surface area (TPSA) is 75.7 Å². The highest BCUT2D eigenvalue weighted by Gasteiger charge is 2.27. The quantitative estimate of drug-likeness (QED) is 0.699. The van der Waals surface area contributed by atoms with Crippen molar-refractivity contribution in [2.75, 3.05) is 32.1 Å². The fourth-order valence-corrected chi connectivity index (χ4v) is 3.12. The number of carbonyl (C=O) groups excluding carboxylic acids is 1. The van der Waals surface area contributed by atoms with Gasteiger partial charge < -0.3 is 9.64 Å². The third kappa shape index (κ3) is 5.76. The molecule has 0 aliphatic carbocycles. The minimum atomic E-state index is -3.44. The van der Waals surface area contributed by atoms with Gasteiger partial charge in [0.05, 0.1) is 18.9 Å². The van der Waals surface area contributed by atoms with E-state index >= 15 is 0 Å². The SMILES string of the molecule is CCOCCS(=O)(=O)NCC(=O)N1C[C@@H](C)CC[C@@H]1C. The number of piperidine rings is 1. The Morgan fingerprint density at radius 2 is 2.05 bits per heavy atom. The van der Waals surface area contributed by atoms with Crippen LogP contribution in [0.5, 0.6) is 0 Å². The summed E-state index contributed by atoms with van der Waals surface area (Å²) in [5.74, 6) is 0.217. The van der Waals surface area contributed by atoms with Crippen LogP contribution in [-0.4, -0.2) is 57.3 Å². The lowest BCUT2D eigenvalue weighted by Crippen LogP contribution is -2.49. The van der Waals surface area contributed by atoms with Gasteiger partial charge in [-0.25, -0.2) is 13.1 Å². The zero-order chi connectivity index (χ0) is 15.2. The molecule has 0 aromatic carbocycles. The van der Waals surface area contributed by atoms with Crippen molar-refractivity contribution in [2.24, 2.45) is 5.92 Å². The molecule has 1 N–H and O–H groups in total. The van der Waals surface area contributed by atoms with Gasteiger partial charge in [-0.1, -0.05) is 6.92 Å². The highest BCUT2D eigenvalue weighted by atomic mass is 32.2. The highest BCUT2D eigenvalue weighted by molar-refractivity contribution is 7.89. The van der Waals surface area contributed by atoms with E-state index in [1.165, 1.54) is 0 Å². The summed E-state index contributed by atoms with van der Waals surface area (Å²) in [5.41, 5.74) is 0. The minimum absolute atomic E-state index is 0.111. The molecule has 1 aliphatic rings.